The number of aryl methyl sites for hydroxylation is 2. The van der Waals surface area contributed by atoms with Crippen LogP contribution in [0, 0.1) is 20.8 Å². The molecule has 1 atom stereocenters. The molecule has 190 valence electrons. The molecular weight excluding hydrogens is 446 g/mol. The molecule has 1 saturated heterocycles. The maximum absolute atomic E-state index is 13.3. The van der Waals surface area contributed by atoms with Crippen molar-refractivity contribution in [3.05, 3.63) is 51.9 Å². The van der Waals surface area contributed by atoms with E-state index >= 15 is 0 Å². The number of rotatable bonds is 10. The minimum Gasteiger partial charge on any atom is -0.507 e. The van der Waals surface area contributed by atoms with Crippen molar-refractivity contribution in [3.8, 4) is 11.5 Å². The Morgan fingerprint density at radius 3 is 2.29 bits per heavy atom. The zero-order valence-electron chi connectivity index (χ0n) is 21.8. The van der Waals surface area contributed by atoms with Gasteiger partial charge >= 0.3 is 0 Å². The van der Waals surface area contributed by atoms with Crippen LogP contribution in [-0.4, -0.2) is 72.0 Å². The first-order valence-electron chi connectivity index (χ1n) is 12.1. The lowest BCUT2D eigenvalue weighted by atomic mass is 9.93. The Morgan fingerprint density at radius 1 is 1.06 bits per heavy atom. The van der Waals surface area contributed by atoms with Crippen LogP contribution in [0.4, 0.5) is 0 Å². The second-order valence-corrected chi connectivity index (χ2v) is 9.10. The van der Waals surface area contributed by atoms with Gasteiger partial charge in [0.2, 0.25) is 0 Å². The molecule has 8 heteroatoms. The number of carbonyl (C=O) groups excluding carboxylic acids is 2. The highest BCUT2D eigenvalue weighted by Crippen LogP contribution is 2.43. The van der Waals surface area contributed by atoms with E-state index in [2.05, 4.69) is 4.98 Å². The summed E-state index contributed by atoms with van der Waals surface area (Å²) >= 11 is 0. The molecule has 0 bridgehead atoms. The zero-order valence-corrected chi connectivity index (χ0v) is 21.8. The fourth-order valence-corrected chi connectivity index (χ4v) is 4.65. The quantitative estimate of drug-likeness (QED) is 0.300. The molecule has 0 radical (unpaired) electrons. The average Bonchev–Trinajstić information content (AvgIpc) is 3.20. The van der Waals surface area contributed by atoms with Crippen LogP contribution < -0.4 is 9.47 Å². The van der Waals surface area contributed by atoms with E-state index in [1.807, 2.05) is 59.7 Å². The lowest BCUT2D eigenvalue weighted by molar-refractivity contribution is -0.139. The molecule has 3 rings (SSSR count). The highest BCUT2D eigenvalue weighted by atomic mass is 16.5. The summed E-state index contributed by atoms with van der Waals surface area (Å²) in [6.07, 6.45) is 0.688. The maximum Gasteiger partial charge on any atom is 0.295 e. The summed E-state index contributed by atoms with van der Waals surface area (Å²) in [7, 11) is 3.93. The van der Waals surface area contributed by atoms with Crippen molar-refractivity contribution >= 4 is 17.4 Å². The summed E-state index contributed by atoms with van der Waals surface area (Å²) in [5.41, 5.74) is 3.84. The fraction of sp³-hybridized carbons (Fsp3) is 0.481. The average molecular weight is 484 g/mol. The van der Waals surface area contributed by atoms with Crippen molar-refractivity contribution in [2.45, 2.75) is 47.1 Å². The van der Waals surface area contributed by atoms with Crippen LogP contribution >= 0.6 is 0 Å². The van der Waals surface area contributed by atoms with Crippen molar-refractivity contribution in [1.29, 1.82) is 0 Å². The number of nitrogens with one attached hydrogen (secondary N) is 1. The van der Waals surface area contributed by atoms with Crippen LogP contribution in [0.25, 0.3) is 5.76 Å². The summed E-state index contributed by atoms with van der Waals surface area (Å²) in [5.74, 6) is -0.313. The first-order chi connectivity index (χ1) is 16.6. The van der Waals surface area contributed by atoms with Gasteiger partial charge in [0.1, 0.15) is 5.76 Å². The largest absolute Gasteiger partial charge is 0.507 e. The third-order valence-corrected chi connectivity index (χ3v) is 6.35. The molecule has 0 saturated carbocycles. The predicted octanol–water partition coefficient (Wildman–Crippen LogP) is 4.11. The number of ketones is 1. The van der Waals surface area contributed by atoms with Crippen molar-refractivity contribution in [3.63, 3.8) is 0 Å². The number of hydrogen-bond acceptors (Lipinski definition) is 6. The topological polar surface area (TPSA) is 95.1 Å². The lowest BCUT2D eigenvalue weighted by Gasteiger charge is -2.26. The Labute approximate surface area is 207 Å². The third kappa shape index (κ3) is 5.22. The van der Waals surface area contributed by atoms with Gasteiger partial charge in [0.25, 0.3) is 11.7 Å². The summed E-state index contributed by atoms with van der Waals surface area (Å²) in [6.45, 7) is 11.5. The molecule has 2 aromatic rings. The number of carbonyl (C=O) groups is 2. The van der Waals surface area contributed by atoms with Crippen LogP contribution in [0.3, 0.4) is 0 Å². The minimum absolute atomic E-state index is 0.0941. The molecule has 0 spiro atoms. The molecule has 35 heavy (non-hydrogen) atoms. The molecule has 1 fully saturated rings. The number of aromatic amines is 1. The van der Waals surface area contributed by atoms with Crippen LogP contribution in [-0.2, 0) is 9.59 Å². The van der Waals surface area contributed by atoms with E-state index in [9.17, 15) is 14.7 Å². The summed E-state index contributed by atoms with van der Waals surface area (Å²) in [6, 6.07) is 4.69. The number of H-pyrrole nitrogens is 1. The van der Waals surface area contributed by atoms with Gasteiger partial charge in [-0.3, -0.25) is 9.59 Å². The number of aliphatic hydroxyl groups is 1. The number of nitrogens with zero attached hydrogens (tertiary/aromatic N) is 2. The maximum atomic E-state index is 13.3. The van der Waals surface area contributed by atoms with Gasteiger partial charge in [-0.25, -0.2) is 0 Å². The monoisotopic (exact) mass is 483 g/mol. The van der Waals surface area contributed by atoms with Gasteiger partial charge in [0.05, 0.1) is 24.8 Å². The van der Waals surface area contributed by atoms with Crippen molar-refractivity contribution in [2.24, 2.45) is 0 Å². The van der Waals surface area contributed by atoms with E-state index in [4.69, 9.17) is 9.47 Å². The lowest BCUT2D eigenvalue weighted by Crippen LogP contribution is -2.32. The molecule has 1 amide bonds. The van der Waals surface area contributed by atoms with Gasteiger partial charge in [0.15, 0.2) is 11.5 Å². The number of amides is 1. The molecule has 1 aliphatic heterocycles. The standard InChI is InChI=1S/C27H37N3O5/c1-8-34-20-12-11-19(15-21(20)35-9-2)24-23(25(31)22-16(3)17(4)28-18(22)5)26(32)27(33)30(24)14-10-13-29(6)7/h11-12,15,24,28,31H,8-10,13-14H2,1-7H3/b25-23+. The predicted molar refractivity (Wildman–Crippen MR) is 136 cm³/mol. The highest BCUT2D eigenvalue weighted by molar-refractivity contribution is 6.46. The molecule has 2 heterocycles. The summed E-state index contributed by atoms with van der Waals surface area (Å²) in [4.78, 5) is 33.4. The van der Waals surface area contributed by atoms with E-state index < -0.39 is 17.7 Å². The zero-order chi connectivity index (χ0) is 25.9. The van der Waals surface area contributed by atoms with Gasteiger partial charge in [-0.15, -0.1) is 0 Å². The van der Waals surface area contributed by atoms with E-state index in [0.717, 1.165) is 23.5 Å². The molecular formula is C27H37N3O5. The number of Topliss-reactive ketones (excluding diaryl/α,β-unsaturated/α-hetero) is 1. The Balaban J connectivity index is 2.19. The van der Waals surface area contributed by atoms with E-state index in [1.165, 1.54) is 0 Å². The van der Waals surface area contributed by atoms with Gasteiger partial charge in [-0.05, 0) is 84.9 Å². The SMILES string of the molecule is CCOc1ccc(C2/C(=C(\O)c3c(C)[nH]c(C)c3C)C(=O)C(=O)N2CCCN(C)C)cc1OCC. The van der Waals surface area contributed by atoms with Gasteiger partial charge in [-0.1, -0.05) is 6.07 Å². The molecule has 1 aromatic heterocycles. The number of aliphatic hydroxyl groups excluding tert-OH is 1. The van der Waals surface area contributed by atoms with Crippen molar-refractivity contribution in [2.75, 3.05) is 40.4 Å². The number of aromatic nitrogens is 1. The fourth-order valence-electron chi connectivity index (χ4n) is 4.65. The second kappa shape index (κ2) is 11.0. The molecule has 1 aliphatic rings. The van der Waals surface area contributed by atoms with Gasteiger partial charge in [0, 0.05) is 23.5 Å². The van der Waals surface area contributed by atoms with Crippen LogP contribution in [0.15, 0.2) is 23.8 Å². The van der Waals surface area contributed by atoms with E-state index in [1.54, 1.807) is 17.0 Å². The Hall–Kier alpha value is -3.26. The van der Waals surface area contributed by atoms with Crippen LogP contribution in [0.2, 0.25) is 0 Å². The highest BCUT2D eigenvalue weighted by Gasteiger charge is 2.46. The summed E-state index contributed by atoms with van der Waals surface area (Å²) in [5, 5.41) is 11.5. The first-order valence-corrected chi connectivity index (χ1v) is 12.1. The molecule has 1 unspecified atom stereocenters. The first kappa shape index (κ1) is 26.3. The van der Waals surface area contributed by atoms with E-state index in [-0.39, 0.29) is 11.3 Å². The number of benzene rings is 1. The Bertz CT molecular complexity index is 1130. The summed E-state index contributed by atoms with van der Waals surface area (Å²) < 4.78 is 11.5. The van der Waals surface area contributed by atoms with Gasteiger partial charge in [-0.2, -0.15) is 0 Å². The third-order valence-electron chi connectivity index (χ3n) is 6.35. The smallest absolute Gasteiger partial charge is 0.295 e. The van der Waals surface area contributed by atoms with Crippen LogP contribution in [0.1, 0.15) is 54.4 Å². The molecule has 0 aliphatic carbocycles. The van der Waals surface area contributed by atoms with Crippen molar-refractivity contribution < 1.29 is 24.2 Å². The molecule has 8 nitrogen and oxygen atoms in total. The normalized spacial score (nSPS) is 17.5. The van der Waals surface area contributed by atoms with Crippen LogP contribution in [0.5, 0.6) is 11.5 Å². The molecule has 2 N–H and O–H groups in total. The number of hydrogen-bond donors (Lipinski definition) is 2. The minimum atomic E-state index is -0.735. The van der Waals surface area contributed by atoms with Crippen molar-refractivity contribution in [1.82, 2.24) is 14.8 Å². The molecule has 1 aromatic carbocycles. The Kier molecular flexibility index (Phi) is 8.27. The Morgan fingerprint density at radius 2 is 1.71 bits per heavy atom. The number of ether oxygens (including phenoxy) is 2. The second-order valence-electron chi connectivity index (χ2n) is 9.10. The van der Waals surface area contributed by atoms with E-state index in [0.29, 0.717) is 48.8 Å². The number of likely N-dealkylation sites (tertiary alicyclic amines) is 1. The van der Waals surface area contributed by atoms with Gasteiger partial charge < -0.3 is 29.4 Å².